The van der Waals surface area contributed by atoms with Crippen molar-refractivity contribution in [1.82, 2.24) is 4.98 Å². The summed E-state index contributed by atoms with van der Waals surface area (Å²) in [6.45, 7) is 0. The van der Waals surface area contributed by atoms with Crippen LogP contribution in [0.5, 0.6) is 0 Å². The Morgan fingerprint density at radius 3 is 2.65 bits per heavy atom. The summed E-state index contributed by atoms with van der Waals surface area (Å²) in [5.41, 5.74) is 1.75. The van der Waals surface area contributed by atoms with Gasteiger partial charge in [0.1, 0.15) is 0 Å². The van der Waals surface area contributed by atoms with Crippen molar-refractivity contribution in [2.24, 2.45) is 0 Å². The van der Waals surface area contributed by atoms with Crippen LogP contribution in [-0.4, -0.2) is 10.8 Å². The second-order valence-corrected chi connectivity index (χ2v) is 5.66. The first-order valence-electron chi connectivity index (χ1n) is 5.04. The molecule has 0 saturated heterocycles. The van der Waals surface area contributed by atoms with Crippen LogP contribution in [0.3, 0.4) is 0 Å². The van der Waals surface area contributed by atoms with E-state index in [0.717, 1.165) is 19.2 Å². The molecule has 2 aromatic rings. The van der Waals surface area contributed by atoms with E-state index in [4.69, 9.17) is 0 Å². The molecule has 17 heavy (non-hydrogen) atoms. The van der Waals surface area contributed by atoms with E-state index in [1.54, 1.807) is 12.4 Å². The van der Waals surface area contributed by atoms with Gasteiger partial charge in [-0.25, -0.2) is 0 Å². The predicted octanol–water partition coefficient (Wildman–Crippen LogP) is 3.87. The Bertz CT molecular complexity index is 542. The third-order valence-corrected chi connectivity index (χ3v) is 3.78. The highest BCUT2D eigenvalue weighted by Crippen LogP contribution is 2.20. The number of halogens is 2. The van der Waals surface area contributed by atoms with Crippen molar-refractivity contribution in [1.29, 1.82) is 0 Å². The molecular formula is C13H9BrINO. The summed E-state index contributed by atoms with van der Waals surface area (Å²) in [7, 11) is 0. The fraction of sp³-hybridized carbons (Fsp3) is 0.0769. The van der Waals surface area contributed by atoms with Gasteiger partial charge in [-0.15, -0.1) is 0 Å². The van der Waals surface area contributed by atoms with Gasteiger partial charge in [0.25, 0.3) is 0 Å². The summed E-state index contributed by atoms with van der Waals surface area (Å²) >= 11 is 5.57. The number of rotatable bonds is 3. The minimum atomic E-state index is 0.127. The minimum absolute atomic E-state index is 0.127. The molecule has 0 fully saturated rings. The fourth-order valence-corrected chi connectivity index (χ4v) is 2.49. The third-order valence-electron chi connectivity index (χ3n) is 2.34. The van der Waals surface area contributed by atoms with Gasteiger partial charge in [0.15, 0.2) is 5.78 Å². The standard InChI is InChI=1S/C13H9BrINO/c14-10-1-2-12(15)11(8-10)13(17)7-9-3-5-16-6-4-9/h1-6,8H,7H2. The second-order valence-electron chi connectivity index (χ2n) is 3.58. The monoisotopic (exact) mass is 401 g/mol. The van der Waals surface area contributed by atoms with Crippen LogP contribution < -0.4 is 0 Å². The average Bonchev–Trinajstić information content (AvgIpc) is 2.33. The molecule has 86 valence electrons. The number of Topliss-reactive ketones (excluding diaryl/α,β-unsaturated/α-hetero) is 1. The Morgan fingerprint density at radius 2 is 1.94 bits per heavy atom. The number of ketones is 1. The van der Waals surface area contributed by atoms with Crippen LogP contribution in [0.25, 0.3) is 0 Å². The predicted molar refractivity (Wildman–Crippen MR) is 79.1 cm³/mol. The van der Waals surface area contributed by atoms with Gasteiger partial charge in [0.05, 0.1) is 0 Å². The topological polar surface area (TPSA) is 30.0 Å². The van der Waals surface area contributed by atoms with Crippen LogP contribution in [0.4, 0.5) is 0 Å². The summed E-state index contributed by atoms with van der Waals surface area (Å²) in [5, 5.41) is 0. The van der Waals surface area contributed by atoms with E-state index in [2.05, 4.69) is 43.5 Å². The molecule has 0 saturated carbocycles. The second kappa shape index (κ2) is 5.73. The number of benzene rings is 1. The van der Waals surface area contributed by atoms with E-state index in [-0.39, 0.29) is 5.78 Å². The lowest BCUT2D eigenvalue weighted by atomic mass is 10.0. The zero-order chi connectivity index (χ0) is 12.3. The van der Waals surface area contributed by atoms with Crippen LogP contribution >= 0.6 is 38.5 Å². The van der Waals surface area contributed by atoms with Gasteiger partial charge in [-0.05, 0) is 58.5 Å². The van der Waals surface area contributed by atoms with Gasteiger partial charge < -0.3 is 0 Å². The van der Waals surface area contributed by atoms with Gasteiger partial charge in [-0.3, -0.25) is 9.78 Å². The summed E-state index contributed by atoms with van der Waals surface area (Å²) in [6, 6.07) is 9.46. The highest BCUT2D eigenvalue weighted by molar-refractivity contribution is 14.1. The number of hydrogen-bond acceptors (Lipinski definition) is 2. The molecule has 0 atom stereocenters. The molecule has 4 heteroatoms. The van der Waals surface area contributed by atoms with E-state index >= 15 is 0 Å². The van der Waals surface area contributed by atoms with Crippen LogP contribution in [-0.2, 0) is 6.42 Å². The Kier molecular flexibility index (Phi) is 4.28. The number of nitrogens with zero attached hydrogens (tertiary/aromatic N) is 1. The quantitative estimate of drug-likeness (QED) is 0.577. The molecule has 0 unspecified atom stereocenters. The molecule has 0 amide bonds. The molecule has 1 heterocycles. The Morgan fingerprint density at radius 1 is 1.24 bits per heavy atom. The molecule has 0 radical (unpaired) electrons. The van der Waals surface area contributed by atoms with E-state index < -0.39 is 0 Å². The Hall–Kier alpha value is -0.750. The molecule has 0 N–H and O–H groups in total. The van der Waals surface area contributed by atoms with Crippen LogP contribution in [0.2, 0.25) is 0 Å². The first-order chi connectivity index (χ1) is 8.16. The van der Waals surface area contributed by atoms with Crippen molar-refractivity contribution in [2.75, 3.05) is 0 Å². The average molecular weight is 402 g/mol. The van der Waals surface area contributed by atoms with E-state index in [0.29, 0.717) is 6.42 Å². The molecule has 2 rings (SSSR count). The maximum atomic E-state index is 12.1. The number of carbonyl (C=O) groups is 1. The van der Waals surface area contributed by atoms with Crippen LogP contribution in [0.1, 0.15) is 15.9 Å². The maximum absolute atomic E-state index is 12.1. The number of hydrogen-bond donors (Lipinski definition) is 0. The molecule has 0 spiro atoms. The summed E-state index contributed by atoms with van der Waals surface area (Å²) < 4.78 is 1.90. The summed E-state index contributed by atoms with van der Waals surface area (Å²) in [6.07, 6.45) is 3.82. The van der Waals surface area contributed by atoms with E-state index in [1.165, 1.54) is 0 Å². The van der Waals surface area contributed by atoms with Crippen molar-refractivity contribution < 1.29 is 4.79 Å². The zero-order valence-corrected chi connectivity index (χ0v) is 12.6. The number of pyridine rings is 1. The third kappa shape index (κ3) is 3.35. The highest BCUT2D eigenvalue weighted by atomic mass is 127. The molecule has 1 aromatic heterocycles. The first kappa shape index (κ1) is 12.7. The largest absolute Gasteiger partial charge is 0.294 e. The van der Waals surface area contributed by atoms with Crippen LogP contribution in [0.15, 0.2) is 47.2 Å². The van der Waals surface area contributed by atoms with Crippen LogP contribution in [0, 0.1) is 3.57 Å². The Labute approximate surface area is 122 Å². The summed E-state index contributed by atoms with van der Waals surface area (Å²) in [5.74, 6) is 0.127. The minimum Gasteiger partial charge on any atom is -0.294 e. The van der Waals surface area contributed by atoms with Gasteiger partial charge in [-0.2, -0.15) is 0 Å². The van der Waals surface area contributed by atoms with Crippen molar-refractivity contribution in [3.05, 3.63) is 61.9 Å². The number of carbonyl (C=O) groups excluding carboxylic acids is 1. The molecule has 1 aromatic carbocycles. The van der Waals surface area contributed by atoms with Gasteiger partial charge in [-0.1, -0.05) is 15.9 Å². The van der Waals surface area contributed by atoms with Gasteiger partial charge in [0.2, 0.25) is 0 Å². The first-order valence-corrected chi connectivity index (χ1v) is 6.91. The van der Waals surface area contributed by atoms with Crippen molar-refractivity contribution in [3.8, 4) is 0 Å². The lowest BCUT2D eigenvalue weighted by Gasteiger charge is -2.04. The highest BCUT2D eigenvalue weighted by Gasteiger charge is 2.11. The zero-order valence-electron chi connectivity index (χ0n) is 8.86. The molecule has 0 aliphatic carbocycles. The van der Waals surface area contributed by atoms with Crippen molar-refractivity contribution in [3.63, 3.8) is 0 Å². The maximum Gasteiger partial charge on any atom is 0.168 e. The molecule has 0 aliphatic heterocycles. The Balaban J connectivity index is 2.23. The SMILES string of the molecule is O=C(Cc1ccncc1)c1cc(Br)ccc1I. The molecule has 2 nitrogen and oxygen atoms in total. The van der Waals surface area contributed by atoms with Gasteiger partial charge >= 0.3 is 0 Å². The number of aromatic nitrogens is 1. The molecular weight excluding hydrogens is 393 g/mol. The smallest absolute Gasteiger partial charge is 0.168 e. The normalized spacial score (nSPS) is 10.2. The van der Waals surface area contributed by atoms with Crippen molar-refractivity contribution >= 4 is 44.3 Å². The molecule has 0 aliphatic rings. The lowest BCUT2D eigenvalue weighted by molar-refractivity contribution is 0.0992. The molecule has 0 bridgehead atoms. The van der Waals surface area contributed by atoms with E-state index in [9.17, 15) is 4.79 Å². The lowest BCUT2D eigenvalue weighted by Crippen LogP contribution is -2.05. The van der Waals surface area contributed by atoms with Gasteiger partial charge in [0, 0.05) is 32.4 Å². The van der Waals surface area contributed by atoms with E-state index in [1.807, 2.05) is 30.3 Å². The fourth-order valence-electron chi connectivity index (χ4n) is 1.49. The summed E-state index contributed by atoms with van der Waals surface area (Å²) in [4.78, 5) is 16.1. The van der Waals surface area contributed by atoms with Crippen molar-refractivity contribution in [2.45, 2.75) is 6.42 Å².